The zero-order chi connectivity index (χ0) is 9.26. The molecule has 4 N–H and O–H groups in total. The van der Waals surface area contributed by atoms with Gasteiger partial charge < -0.3 is 11.1 Å². The van der Waals surface area contributed by atoms with E-state index in [2.05, 4.69) is 10.5 Å². The van der Waals surface area contributed by atoms with Crippen LogP contribution in [0.5, 0.6) is 0 Å². The van der Waals surface area contributed by atoms with Gasteiger partial charge in [0.25, 0.3) is 0 Å². The van der Waals surface area contributed by atoms with Gasteiger partial charge in [-0.05, 0) is 11.6 Å². The molecule has 1 heterocycles. The van der Waals surface area contributed by atoms with E-state index in [-0.39, 0.29) is 5.84 Å². The first-order valence-corrected chi connectivity index (χ1v) is 4.02. The molecule has 0 amide bonds. The van der Waals surface area contributed by atoms with Crippen LogP contribution >= 0.6 is 0 Å². The van der Waals surface area contributed by atoms with Crippen LogP contribution in [0.1, 0.15) is 5.56 Å². The number of rotatable bonds is 0. The predicted octanol–water partition coefficient (Wildman–Crippen LogP) is 0.947. The highest BCUT2D eigenvalue weighted by atomic mass is 15.3. The number of nitrogens with two attached hydrogens (primary N) is 1. The lowest BCUT2D eigenvalue weighted by Gasteiger charge is -2.02. The maximum absolute atomic E-state index is 7.57. The Morgan fingerprint density at radius 1 is 1.38 bits per heavy atom. The SMILES string of the molecule is N=C1Cc2ccccc2NN=C1N. The summed E-state index contributed by atoms with van der Waals surface area (Å²) in [5.74, 6) is 0.260. The molecule has 66 valence electrons. The van der Waals surface area contributed by atoms with Gasteiger partial charge in [0.2, 0.25) is 0 Å². The number of nitrogens with one attached hydrogen (secondary N) is 2. The summed E-state index contributed by atoms with van der Waals surface area (Å²) in [7, 11) is 0. The number of hydrogen-bond donors (Lipinski definition) is 3. The molecule has 2 rings (SSSR count). The molecule has 0 fully saturated rings. The van der Waals surface area contributed by atoms with E-state index in [1.54, 1.807) is 0 Å². The molecule has 1 aliphatic rings. The second-order valence-corrected chi connectivity index (χ2v) is 2.92. The summed E-state index contributed by atoms with van der Waals surface area (Å²) < 4.78 is 0. The maximum atomic E-state index is 7.57. The molecule has 0 unspecified atom stereocenters. The van der Waals surface area contributed by atoms with Crippen molar-refractivity contribution in [2.75, 3.05) is 5.43 Å². The van der Waals surface area contributed by atoms with E-state index < -0.39 is 0 Å². The number of para-hydroxylation sites is 1. The van der Waals surface area contributed by atoms with Gasteiger partial charge >= 0.3 is 0 Å². The van der Waals surface area contributed by atoms with Crippen LogP contribution in [0.4, 0.5) is 5.69 Å². The lowest BCUT2D eigenvalue weighted by Crippen LogP contribution is -2.24. The van der Waals surface area contributed by atoms with E-state index in [9.17, 15) is 0 Å². The van der Waals surface area contributed by atoms with Gasteiger partial charge in [0.15, 0.2) is 5.84 Å². The van der Waals surface area contributed by atoms with Crippen LogP contribution < -0.4 is 11.2 Å². The number of hydrogen-bond acceptors (Lipinski definition) is 4. The van der Waals surface area contributed by atoms with Crippen LogP contribution in [0.3, 0.4) is 0 Å². The quantitative estimate of drug-likeness (QED) is 0.547. The second kappa shape index (κ2) is 2.90. The standard InChI is InChI=1S/C9H10N4/c10-7-5-6-3-1-2-4-8(6)12-13-9(7)11/h1-4,10,12H,5H2,(H2,11,13). The molecule has 4 nitrogen and oxygen atoms in total. The van der Waals surface area contributed by atoms with Crippen LogP contribution in [0, 0.1) is 5.41 Å². The third kappa shape index (κ3) is 1.38. The molecule has 13 heavy (non-hydrogen) atoms. The van der Waals surface area contributed by atoms with Crippen LogP contribution in [0.15, 0.2) is 29.4 Å². The van der Waals surface area contributed by atoms with E-state index in [0.717, 1.165) is 11.3 Å². The van der Waals surface area contributed by atoms with Gasteiger partial charge in [0.05, 0.1) is 11.4 Å². The summed E-state index contributed by atoms with van der Waals surface area (Å²) >= 11 is 0. The Balaban J connectivity index is 2.44. The molecule has 1 aliphatic heterocycles. The maximum Gasteiger partial charge on any atom is 0.165 e. The van der Waals surface area contributed by atoms with Crippen molar-refractivity contribution in [2.45, 2.75) is 6.42 Å². The summed E-state index contributed by atoms with van der Waals surface area (Å²) in [6.07, 6.45) is 0.540. The third-order valence-electron chi connectivity index (χ3n) is 1.99. The summed E-state index contributed by atoms with van der Waals surface area (Å²) in [5.41, 5.74) is 10.7. The van der Waals surface area contributed by atoms with Gasteiger partial charge in [-0.3, -0.25) is 5.43 Å². The van der Waals surface area contributed by atoms with Gasteiger partial charge in [-0.2, -0.15) is 5.10 Å². The zero-order valence-corrected chi connectivity index (χ0v) is 7.04. The molecule has 0 spiro atoms. The number of fused-ring (bicyclic) bond motifs is 1. The minimum Gasteiger partial charge on any atom is -0.381 e. The Kier molecular flexibility index (Phi) is 1.73. The highest BCUT2D eigenvalue weighted by Gasteiger charge is 2.11. The number of hydrazone groups is 1. The highest BCUT2D eigenvalue weighted by molar-refractivity contribution is 6.40. The van der Waals surface area contributed by atoms with Crippen molar-refractivity contribution in [3.05, 3.63) is 29.8 Å². The van der Waals surface area contributed by atoms with Gasteiger partial charge in [-0.1, -0.05) is 18.2 Å². The van der Waals surface area contributed by atoms with Crippen molar-refractivity contribution in [1.82, 2.24) is 0 Å². The Bertz CT molecular complexity index is 381. The molecule has 0 aliphatic carbocycles. The first kappa shape index (κ1) is 7.79. The number of nitrogens with zero attached hydrogens (tertiary/aromatic N) is 1. The number of amidine groups is 1. The van der Waals surface area contributed by atoms with Gasteiger partial charge in [-0.15, -0.1) is 0 Å². The molecular weight excluding hydrogens is 164 g/mol. The normalized spacial score (nSPS) is 15.4. The Hall–Kier alpha value is -1.84. The summed E-state index contributed by atoms with van der Waals surface area (Å²) in [4.78, 5) is 0. The van der Waals surface area contributed by atoms with Crippen LogP contribution in [0.2, 0.25) is 0 Å². The monoisotopic (exact) mass is 174 g/mol. The lowest BCUT2D eigenvalue weighted by molar-refractivity contribution is 1.29. The number of anilines is 1. The first-order chi connectivity index (χ1) is 6.27. The summed E-state index contributed by atoms with van der Waals surface area (Å²) in [6.45, 7) is 0. The molecule has 0 bridgehead atoms. The lowest BCUT2D eigenvalue weighted by atomic mass is 10.1. The van der Waals surface area contributed by atoms with E-state index in [1.165, 1.54) is 0 Å². The smallest absolute Gasteiger partial charge is 0.165 e. The minimum absolute atomic E-state index is 0.260. The minimum atomic E-state index is 0.260. The van der Waals surface area contributed by atoms with Crippen molar-refractivity contribution in [1.29, 1.82) is 5.41 Å². The fraction of sp³-hybridized carbons (Fsp3) is 0.111. The molecule has 1 aromatic rings. The fourth-order valence-corrected chi connectivity index (χ4v) is 1.25. The van der Waals surface area contributed by atoms with E-state index in [4.69, 9.17) is 11.1 Å². The first-order valence-electron chi connectivity index (χ1n) is 4.02. The summed E-state index contributed by atoms with van der Waals surface area (Å²) in [5, 5.41) is 11.4. The average Bonchev–Trinajstić information content (AvgIpc) is 2.28. The zero-order valence-electron chi connectivity index (χ0n) is 7.04. The molecule has 0 saturated heterocycles. The molecule has 0 atom stereocenters. The van der Waals surface area contributed by atoms with Crippen LogP contribution in [-0.4, -0.2) is 11.5 Å². The van der Waals surface area contributed by atoms with Crippen molar-refractivity contribution in [3.8, 4) is 0 Å². The molecule has 1 aromatic carbocycles. The fourth-order valence-electron chi connectivity index (χ4n) is 1.25. The second-order valence-electron chi connectivity index (χ2n) is 2.92. The topological polar surface area (TPSA) is 74.3 Å². The van der Waals surface area contributed by atoms with Gasteiger partial charge in [-0.25, -0.2) is 0 Å². The Morgan fingerprint density at radius 2 is 2.15 bits per heavy atom. The van der Waals surface area contributed by atoms with Crippen molar-refractivity contribution >= 4 is 17.2 Å². The van der Waals surface area contributed by atoms with E-state index in [1.807, 2.05) is 24.3 Å². The van der Waals surface area contributed by atoms with Crippen molar-refractivity contribution in [2.24, 2.45) is 10.8 Å². The van der Waals surface area contributed by atoms with Crippen LogP contribution in [-0.2, 0) is 6.42 Å². The van der Waals surface area contributed by atoms with E-state index in [0.29, 0.717) is 12.1 Å². The molecule has 0 radical (unpaired) electrons. The largest absolute Gasteiger partial charge is 0.381 e. The molecule has 4 heteroatoms. The van der Waals surface area contributed by atoms with Crippen molar-refractivity contribution < 1.29 is 0 Å². The van der Waals surface area contributed by atoms with Crippen LogP contribution in [0.25, 0.3) is 0 Å². The molecular formula is C9H10N4. The van der Waals surface area contributed by atoms with E-state index >= 15 is 0 Å². The Morgan fingerprint density at radius 3 is 3.00 bits per heavy atom. The Labute approximate surface area is 76.0 Å². The van der Waals surface area contributed by atoms with Crippen molar-refractivity contribution in [3.63, 3.8) is 0 Å². The molecule has 0 aromatic heterocycles. The number of benzene rings is 1. The third-order valence-corrected chi connectivity index (χ3v) is 1.99. The molecule has 0 saturated carbocycles. The highest BCUT2D eigenvalue weighted by Crippen LogP contribution is 2.17. The predicted molar refractivity (Wildman–Crippen MR) is 53.1 cm³/mol. The van der Waals surface area contributed by atoms with Gasteiger partial charge in [0, 0.05) is 6.42 Å². The average molecular weight is 174 g/mol. The van der Waals surface area contributed by atoms with Gasteiger partial charge in [0.1, 0.15) is 0 Å². The summed E-state index contributed by atoms with van der Waals surface area (Å²) in [6, 6.07) is 7.75.